The first-order valence-corrected chi connectivity index (χ1v) is 6.38. The smallest absolute Gasteiger partial charge is 0.220 e. The molecule has 1 amide bonds. The lowest BCUT2D eigenvalue weighted by molar-refractivity contribution is -0.122. The molecule has 0 saturated heterocycles. The number of carbonyl (C=O) groups is 1. The first-order valence-electron chi connectivity index (χ1n) is 5.54. The lowest BCUT2D eigenvalue weighted by Crippen LogP contribution is -2.38. The van der Waals surface area contributed by atoms with Gasteiger partial charge in [-0.1, -0.05) is 10.9 Å². The van der Waals surface area contributed by atoms with Crippen LogP contribution in [0.2, 0.25) is 0 Å². The van der Waals surface area contributed by atoms with Gasteiger partial charge in [-0.3, -0.25) is 4.79 Å². The van der Waals surface area contributed by atoms with Gasteiger partial charge >= 0.3 is 0 Å². The Kier molecular flexibility index (Phi) is 3.84. The van der Waals surface area contributed by atoms with Crippen LogP contribution in [-0.4, -0.2) is 21.5 Å². The van der Waals surface area contributed by atoms with Gasteiger partial charge in [0.15, 0.2) is 0 Å². The van der Waals surface area contributed by atoms with E-state index in [-0.39, 0.29) is 11.8 Å². The van der Waals surface area contributed by atoms with Crippen LogP contribution in [0.15, 0.2) is 5.38 Å². The number of carbonyl (C=O) groups excluding carboxylic acids is 1. The SMILES string of the molecule is NC(=O)C1CCCC(NCc2csnn2)C1. The highest BCUT2D eigenvalue weighted by Gasteiger charge is 2.25. The molecule has 88 valence electrons. The summed E-state index contributed by atoms with van der Waals surface area (Å²) in [7, 11) is 0. The van der Waals surface area contributed by atoms with Crippen molar-refractivity contribution in [2.24, 2.45) is 11.7 Å². The molecule has 1 aliphatic carbocycles. The van der Waals surface area contributed by atoms with Gasteiger partial charge in [-0.2, -0.15) is 0 Å². The van der Waals surface area contributed by atoms with Gasteiger partial charge in [-0.05, 0) is 30.8 Å². The molecule has 2 unspecified atom stereocenters. The number of hydrogen-bond donors (Lipinski definition) is 2. The van der Waals surface area contributed by atoms with Crippen molar-refractivity contribution in [2.45, 2.75) is 38.3 Å². The predicted molar refractivity (Wildman–Crippen MR) is 61.7 cm³/mol. The first-order chi connectivity index (χ1) is 7.75. The maximum absolute atomic E-state index is 11.1. The number of primary amides is 1. The predicted octanol–water partition coefficient (Wildman–Crippen LogP) is 0.672. The topological polar surface area (TPSA) is 80.9 Å². The molecule has 2 atom stereocenters. The standard InChI is InChI=1S/C10H16N4OS/c11-10(15)7-2-1-3-8(4-7)12-5-9-6-16-14-13-9/h6-8,12H,1-5H2,(H2,11,15). The lowest BCUT2D eigenvalue weighted by Gasteiger charge is -2.27. The second-order valence-electron chi connectivity index (χ2n) is 4.24. The molecule has 1 saturated carbocycles. The normalized spacial score (nSPS) is 25.5. The monoisotopic (exact) mass is 240 g/mol. The Morgan fingerprint density at radius 2 is 2.50 bits per heavy atom. The summed E-state index contributed by atoms with van der Waals surface area (Å²) in [4.78, 5) is 11.1. The largest absolute Gasteiger partial charge is 0.369 e. The maximum Gasteiger partial charge on any atom is 0.220 e. The van der Waals surface area contributed by atoms with Crippen LogP contribution in [0.25, 0.3) is 0 Å². The van der Waals surface area contributed by atoms with Gasteiger partial charge in [0.1, 0.15) is 0 Å². The molecule has 0 aromatic carbocycles. The zero-order chi connectivity index (χ0) is 11.4. The van der Waals surface area contributed by atoms with Crippen LogP contribution >= 0.6 is 11.5 Å². The van der Waals surface area contributed by atoms with E-state index in [1.807, 2.05) is 5.38 Å². The highest BCUT2D eigenvalue weighted by Crippen LogP contribution is 2.24. The highest BCUT2D eigenvalue weighted by atomic mass is 32.1. The van der Waals surface area contributed by atoms with Crippen LogP contribution in [-0.2, 0) is 11.3 Å². The summed E-state index contributed by atoms with van der Waals surface area (Å²) >= 11 is 1.36. The third-order valence-corrected chi connectivity index (χ3v) is 3.61. The van der Waals surface area contributed by atoms with Crippen LogP contribution in [0.4, 0.5) is 0 Å². The van der Waals surface area contributed by atoms with Crippen molar-refractivity contribution in [3.8, 4) is 0 Å². The van der Waals surface area contributed by atoms with Crippen molar-refractivity contribution in [3.63, 3.8) is 0 Å². The quantitative estimate of drug-likeness (QED) is 0.810. The summed E-state index contributed by atoms with van der Waals surface area (Å²) in [6.45, 7) is 0.729. The molecule has 0 aliphatic heterocycles. The summed E-state index contributed by atoms with van der Waals surface area (Å²) in [6, 6.07) is 0.382. The van der Waals surface area contributed by atoms with Gasteiger partial charge in [0.05, 0.1) is 5.69 Å². The summed E-state index contributed by atoms with van der Waals surface area (Å²) in [6.07, 6.45) is 3.97. The molecular formula is C10H16N4OS. The Labute approximate surface area is 98.6 Å². The van der Waals surface area contributed by atoms with E-state index in [0.29, 0.717) is 6.04 Å². The number of rotatable bonds is 4. The average molecular weight is 240 g/mol. The van der Waals surface area contributed by atoms with E-state index in [0.717, 1.165) is 37.9 Å². The molecule has 6 heteroatoms. The Morgan fingerprint density at radius 1 is 1.62 bits per heavy atom. The molecular weight excluding hydrogens is 224 g/mol. The van der Waals surface area contributed by atoms with Gasteiger partial charge in [0.2, 0.25) is 5.91 Å². The lowest BCUT2D eigenvalue weighted by atomic mass is 9.85. The van der Waals surface area contributed by atoms with E-state index in [1.54, 1.807) is 0 Å². The van der Waals surface area contributed by atoms with Crippen LogP contribution in [0.3, 0.4) is 0 Å². The number of aromatic nitrogens is 2. The van der Waals surface area contributed by atoms with E-state index in [9.17, 15) is 4.79 Å². The second kappa shape index (κ2) is 5.36. The zero-order valence-electron chi connectivity index (χ0n) is 9.06. The number of nitrogens with one attached hydrogen (secondary N) is 1. The van der Waals surface area contributed by atoms with Gasteiger partial charge < -0.3 is 11.1 Å². The van der Waals surface area contributed by atoms with Crippen LogP contribution < -0.4 is 11.1 Å². The van der Waals surface area contributed by atoms with Crippen molar-refractivity contribution in [2.75, 3.05) is 0 Å². The third kappa shape index (κ3) is 2.99. The van der Waals surface area contributed by atoms with Crippen LogP contribution in [0, 0.1) is 5.92 Å². The molecule has 16 heavy (non-hydrogen) atoms. The molecule has 0 spiro atoms. The second-order valence-corrected chi connectivity index (χ2v) is 4.85. The first kappa shape index (κ1) is 11.5. The minimum absolute atomic E-state index is 0.0415. The van der Waals surface area contributed by atoms with Crippen molar-refractivity contribution < 1.29 is 4.79 Å². The van der Waals surface area contributed by atoms with Gasteiger partial charge in [0.25, 0.3) is 0 Å². The molecule has 1 aromatic heterocycles. The number of nitrogens with two attached hydrogens (primary N) is 1. The minimum atomic E-state index is -0.165. The Morgan fingerprint density at radius 3 is 3.19 bits per heavy atom. The van der Waals surface area contributed by atoms with Gasteiger partial charge in [0, 0.05) is 23.9 Å². The Hall–Kier alpha value is -1.01. The number of nitrogens with zero attached hydrogens (tertiary/aromatic N) is 2. The molecule has 1 heterocycles. The van der Waals surface area contributed by atoms with Crippen LogP contribution in [0.5, 0.6) is 0 Å². The molecule has 0 radical (unpaired) electrons. The fourth-order valence-electron chi connectivity index (χ4n) is 2.14. The van der Waals surface area contributed by atoms with E-state index >= 15 is 0 Å². The van der Waals surface area contributed by atoms with Crippen molar-refractivity contribution in [1.29, 1.82) is 0 Å². The molecule has 1 aliphatic rings. The summed E-state index contributed by atoms with van der Waals surface area (Å²) in [5, 5.41) is 9.31. The van der Waals surface area contributed by atoms with Gasteiger partial charge in [-0.25, -0.2) is 0 Å². The fraction of sp³-hybridized carbons (Fsp3) is 0.700. The summed E-state index contributed by atoms with van der Waals surface area (Å²) < 4.78 is 3.81. The van der Waals surface area contributed by atoms with E-state index < -0.39 is 0 Å². The molecule has 2 rings (SSSR count). The Balaban J connectivity index is 1.79. The number of hydrogen-bond acceptors (Lipinski definition) is 5. The van der Waals surface area contributed by atoms with E-state index in [4.69, 9.17) is 5.73 Å². The van der Waals surface area contributed by atoms with Crippen molar-refractivity contribution >= 4 is 17.4 Å². The summed E-state index contributed by atoms with van der Waals surface area (Å²) in [5.74, 6) is -0.123. The molecule has 1 fully saturated rings. The number of amides is 1. The molecule has 5 nitrogen and oxygen atoms in total. The molecule has 0 bridgehead atoms. The van der Waals surface area contributed by atoms with E-state index in [1.165, 1.54) is 11.5 Å². The zero-order valence-corrected chi connectivity index (χ0v) is 9.87. The Bertz CT molecular complexity index is 341. The highest BCUT2D eigenvalue weighted by molar-refractivity contribution is 7.03. The van der Waals surface area contributed by atoms with Crippen LogP contribution in [0.1, 0.15) is 31.4 Å². The van der Waals surface area contributed by atoms with Crippen molar-refractivity contribution in [3.05, 3.63) is 11.1 Å². The molecule has 1 aromatic rings. The van der Waals surface area contributed by atoms with Gasteiger partial charge in [-0.15, -0.1) is 5.10 Å². The minimum Gasteiger partial charge on any atom is -0.369 e. The average Bonchev–Trinajstić information content (AvgIpc) is 2.79. The summed E-state index contributed by atoms with van der Waals surface area (Å²) in [5.41, 5.74) is 6.30. The maximum atomic E-state index is 11.1. The van der Waals surface area contributed by atoms with E-state index in [2.05, 4.69) is 14.9 Å². The van der Waals surface area contributed by atoms with Crippen molar-refractivity contribution in [1.82, 2.24) is 14.9 Å². The molecule has 3 N–H and O–H groups in total. The third-order valence-electron chi connectivity index (χ3n) is 3.05. The fourth-order valence-corrected chi connectivity index (χ4v) is 2.59.